The van der Waals surface area contributed by atoms with Gasteiger partial charge in [-0.15, -0.1) is 13.2 Å². The molecule has 1 aliphatic carbocycles. The molecule has 0 aliphatic heterocycles. The number of hydrogen-bond donors (Lipinski definition) is 1. The SMILES string of the molecule is C=C[C@@H]1C=C(OC/C(=C/[C@H](C=C)O[Si](C)(C)C(C)(C)C)CNS(=O)(=O)c2ccc(C)cc2)CCC1. The third-order valence-corrected chi connectivity index (χ3v) is 12.7. The summed E-state index contributed by atoms with van der Waals surface area (Å²) >= 11 is 0. The molecule has 2 atom stereocenters. The topological polar surface area (TPSA) is 64.6 Å². The summed E-state index contributed by atoms with van der Waals surface area (Å²) in [4.78, 5) is 0.241. The van der Waals surface area contributed by atoms with Crippen molar-refractivity contribution in [1.82, 2.24) is 4.72 Å². The zero-order valence-corrected chi connectivity index (χ0v) is 24.1. The van der Waals surface area contributed by atoms with Gasteiger partial charge in [-0.1, -0.05) is 50.6 Å². The molecule has 194 valence electrons. The predicted octanol–water partition coefficient (Wildman–Crippen LogP) is 6.66. The van der Waals surface area contributed by atoms with Gasteiger partial charge in [0.15, 0.2) is 8.32 Å². The Bertz CT molecular complexity index is 1030. The van der Waals surface area contributed by atoms with E-state index >= 15 is 0 Å². The van der Waals surface area contributed by atoms with Gasteiger partial charge in [-0.05, 0) is 73.7 Å². The number of rotatable bonds is 12. The summed E-state index contributed by atoms with van der Waals surface area (Å²) in [5, 5.41) is 0.0401. The van der Waals surface area contributed by atoms with Crippen LogP contribution in [0.25, 0.3) is 0 Å². The molecule has 0 saturated carbocycles. The van der Waals surface area contributed by atoms with Crippen LogP contribution in [0.15, 0.2) is 78.0 Å². The molecular formula is C28H43NO4SSi. The summed E-state index contributed by atoms with van der Waals surface area (Å²) in [7, 11) is -5.72. The van der Waals surface area contributed by atoms with Crippen LogP contribution >= 0.6 is 0 Å². The van der Waals surface area contributed by atoms with Crippen LogP contribution in [0.2, 0.25) is 18.1 Å². The first-order valence-corrected chi connectivity index (χ1v) is 16.7. The van der Waals surface area contributed by atoms with Crippen LogP contribution in [0.4, 0.5) is 0 Å². The average Bonchev–Trinajstić information content (AvgIpc) is 2.79. The molecule has 0 unspecified atom stereocenters. The molecule has 0 bridgehead atoms. The number of allylic oxidation sites excluding steroid dienone is 3. The van der Waals surface area contributed by atoms with Crippen molar-refractivity contribution in [3.05, 3.63) is 78.6 Å². The molecule has 2 rings (SSSR count). The standard InChI is InChI=1S/C28H43NO4SSi/c1-9-23-12-11-13-26(18-23)32-21-24(19-25(10-2)33-35(7,8)28(4,5)6)20-29-34(30,31)27-16-14-22(3)15-17-27/h9-10,14-19,23,25,29H,1-2,11-13,20-21H2,3-8H3/b24-19+/t23-,25-/m0/s1. The minimum absolute atomic E-state index is 0.0401. The highest BCUT2D eigenvalue weighted by Crippen LogP contribution is 2.37. The lowest BCUT2D eigenvalue weighted by molar-refractivity contribution is 0.212. The number of sulfonamides is 1. The van der Waals surface area contributed by atoms with Crippen molar-refractivity contribution >= 4 is 18.3 Å². The van der Waals surface area contributed by atoms with Gasteiger partial charge < -0.3 is 9.16 Å². The first-order chi connectivity index (χ1) is 16.3. The molecule has 1 N–H and O–H groups in total. The third-order valence-electron chi connectivity index (χ3n) is 6.80. The van der Waals surface area contributed by atoms with Crippen molar-refractivity contribution in [2.24, 2.45) is 5.92 Å². The molecule has 1 aliphatic rings. The summed E-state index contributed by atoms with van der Waals surface area (Å²) in [5.74, 6) is 1.24. The molecule has 1 aromatic carbocycles. The van der Waals surface area contributed by atoms with Gasteiger partial charge in [0.25, 0.3) is 0 Å². The van der Waals surface area contributed by atoms with E-state index in [1.807, 2.05) is 19.1 Å². The highest BCUT2D eigenvalue weighted by molar-refractivity contribution is 7.89. The molecule has 5 nitrogen and oxygen atoms in total. The maximum atomic E-state index is 12.9. The van der Waals surface area contributed by atoms with Crippen LogP contribution in [0.1, 0.15) is 45.6 Å². The van der Waals surface area contributed by atoms with E-state index in [0.29, 0.717) is 5.92 Å². The Morgan fingerprint density at radius 1 is 1.23 bits per heavy atom. The average molecular weight is 518 g/mol. The molecule has 0 amide bonds. The lowest BCUT2D eigenvalue weighted by Crippen LogP contribution is -2.43. The van der Waals surface area contributed by atoms with Crippen molar-refractivity contribution in [2.45, 2.75) is 76.1 Å². The van der Waals surface area contributed by atoms with Crippen molar-refractivity contribution in [2.75, 3.05) is 13.2 Å². The number of ether oxygens (including phenoxy) is 1. The molecule has 0 spiro atoms. The van der Waals surface area contributed by atoms with E-state index in [9.17, 15) is 8.42 Å². The maximum Gasteiger partial charge on any atom is 0.240 e. The quantitative estimate of drug-likeness (QED) is 0.249. The second-order valence-electron chi connectivity index (χ2n) is 10.8. The Morgan fingerprint density at radius 3 is 2.46 bits per heavy atom. The lowest BCUT2D eigenvalue weighted by atomic mass is 9.95. The minimum atomic E-state index is -3.66. The van der Waals surface area contributed by atoms with Crippen molar-refractivity contribution in [3.8, 4) is 0 Å². The van der Waals surface area contributed by atoms with Gasteiger partial charge in [0.05, 0.1) is 16.8 Å². The first kappa shape index (κ1) is 29.3. The van der Waals surface area contributed by atoms with Crippen molar-refractivity contribution in [3.63, 3.8) is 0 Å². The normalized spacial score (nSPS) is 18.5. The van der Waals surface area contributed by atoms with E-state index in [1.54, 1.807) is 30.3 Å². The van der Waals surface area contributed by atoms with Gasteiger partial charge in [0.2, 0.25) is 10.0 Å². The first-order valence-electron chi connectivity index (χ1n) is 12.3. The van der Waals surface area contributed by atoms with Crippen LogP contribution in [0.5, 0.6) is 0 Å². The van der Waals surface area contributed by atoms with Crippen LogP contribution in [0, 0.1) is 12.8 Å². The molecular weight excluding hydrogens is 474 g/mol. The highest BCUT2D eigenvalue weighted by atomic mass is 32.2. The van der Waals surface area contributed by atoms with Gasteiger partial charge >= 0.3 is 0 Å². The highest BCUT2D eigenvalue weighted by Gasteiger charge is 2.38. The van der Waals surface area contributed by atoms with Crippen LogP contribution in [-0.4, -0.2) is 36.0 Å². The summed E-state index contributed by atoms with van der Waals surface area (Å²) in [5.41, 5.74) is 1.80. The molecule has 0 radical (unpaired) electrons. The lowest BCUT2D eigenvalue weighted by Gasteiger charge is -2.38. The van der Waals surface area contributed by atoms with Gasteiger partial charge in [-0.25, -0.2) is 13.1 Å². The van der Waals surface area contributed by atoms with Gasteiger partial charge in [0.1, 0.15) is 6.61 Å². The Kier molecular flexibility index (Phi) is 10.3. The van der Waals surface area contributed by atoms with Gasteiger partial charge in [0, 0.05) is 13.0 Å². The van der Waals surface area contributed by atoms with Crippen molar-refractivity contribution < 1.29 is 17.6 Å². The summed E-state index contributed by atoms with van der Waals surface area (Å²) in [6.07, 6.45) is 10.4. The second kappa shape index (κ2) is 12.3. The van der Waals surface area contributed by atoms with E-state index in [4.69, 9.17) is 9.16 Å². The fourth-order valence-corrected chi connectivity index (χ4v) is 5.69. The largest absolute Gasteiger partial charge is 0.494 e. The molecule has 1 aromatic rings. The smallest absolute Gasteiger partial charge is 0.240 e. The Hall–Kier alpha value is -1.93. The number of benzene rings is 1. The summed E-state index contributed by atoms with van der Waals surface area (Å²) < 4.78 is 41.2. The molecule has 0 fully saturated rings. The fraction of sp³-hybridized carbons (Fsp3) is 0.500. The van der Waals surface area contributed by atoms with Crippen molar-refractivity contribution in [1.29, 1.82) is 0 Å². The third kappa shape index (κ3) is 8.90. The molecule has 0 heterocycles. The summed E-state index contributed by atoms with van der Waals surface area (Å²) in [6, 6.07) is 6.82. The molecule has 0 saturated heterocycles. The molecule has 35 heavy (non-hydrogen) atoms. The maximum absolute atomic E-state index is 12.9. The number of aryl methyl sites for hydroxylation is 1. The van der Waals surface area contributed by atoms with E-state index in [-0.39, 0.29) is 29.2 Å². The number of hydrogen-bond acceptors (Lipinski definition) is 4. The molecule has 0 aromatic heterocycles. The minimum Gasteiger partial charge on any atom is -0.494 e. The number of nitrogens with one attached hydrogen (secondary N) is 1. The second-order valence-corrected chi connectivity index (χ2v) is 17.3. The van der Waals surface area contributed by atoms with Gasteiger partial charge in [-0.2, -0.15) is 0 Å². The summed E-state index contributed by atoms with van der Waals surface area (Å²) in [6.45, 7) is 21.1. The Morgan fingerprint density at radius 2 is 1.89 bits per heavy atom. The van der Waals surface area contributed by atoms with E-state index < -0.39 is 18.3 Å². The fourth-order valence-electron chi connectivity index (χ4n) is 3.45. The Balaban J connectivity index is 2.24. The van der Waals surface area contributed by atoms with E-state index in [1.165, 1.54) is 0 Å². The van der Waals surface area contributed by atoms with Crippen LogP contribution in [0.3, 0.4) is 0 Å². The van der Waals surface area contributed by atoms with Gasteiger partial charge in [-0.3, -0.25) is 0 Å². The Labute approximate surface area is 214 Å². The predicted molar refractivity (Wildman–Crippen MR) is 148 cm³/mol. The molecule has 7 heteroatoms. The zero-order chi connectivity index (χ0) is 26.3. The monoisotopic (exact) mass is 517 g/mol. The zero-order valence-electron chi connectivity index (χ0n) is 22.3. The van der Waals surface area contributed by atoms with E-state index in [0.717, 1.165) is 36.2 Å². The van der Waals surface area contributed by atoms with Crippen LogP contribution < -0.4 is 4.72 Å². The van der Waals surface area contributed by atoms with Crippen LogP contribution in [-0.2, 0) is 19.2 Å². The van der Waals surface area contributed by atoms with E-state index in [2.05, 4.69) is 57.8 Å².